The highest BCUT2D eigenvalue weighted by atomic mass is 16.6. The number of hydrogen-bond acceptors (Lipinski definition) is 6. The molecule has 6 atom stereocenters. The molecule has 1 N–H and O–H groups in total. The normalized spacial score (nSPS) is 39.2. The standard InChI is InChI=1S/C17H26O6/c1-2-21-16(19)12-5-4-11(18)8-13(12)17(20)22-9-10-3-6-14-15(7-10)23-14/h10-15,18H,2-9H2,1H3. The van der Waals surface area contributed by atoms with Crippen LogP contribution in [0, 0.1) is 17.8 Å². The van der Waals surface area contributed by atoms with Crippen molar-refractivity contribution in [1.29, 1.82) is 0 Å². The molecule has 3 rings (SSSR count). The van der Waals surface area contributed by atoms with Gasteiger partial charge in [0.05, 0.1) is 43.4 Å². The van der Waals surface area contributed by atoms with E-state index in [1.165, 1.54) is 0 Å². The Morgan fingerprint density at radius 2 is 1.78 bits per heavy atom. The van der Waals surface area contributed by atoms with Crippen LogP contribution in [0.4, 0.5) is 0 Å². The van der Waals surface area contributed by atoms with Crippen LogP contribution in [0.5, 0.6) is 0 Å². The van der Waals surface area contributed by atoms with E-state index >= 15 is 0 Å². The fourth-order valence-electron chi connectivity index (χ4n) is 3.89. The van der Waals surface area contributed by atoms with Gasteiger partial charge in [0.25, 0.3) is 0 Å². The van der Waals surface area contributed by atoms with Gasteiger partial charge >= 0.3 is 11.9 Å². The summed E-state index contributed by atoms with van der Waals surface area (Å²) in [6, 6.07) is 0. The molecular weight excluding hydrogens is 300 g/mol. The van der Waals surface area contributed by atoms with E-state index in [-0.39, 0.29) is 18.4 Å². The number of epoxide rings is 1. The molecule has 0 aromatic heterocycles. The van der Waals surface area contributed by atoms with Crippen molar-refractivity contribution in [3.05, 3.63) is 0 Å². The Kier molecular flexibility index (Phi) is 5.21. The van der Waals surface area contributed by atoms with E-state index < -0.39 is 17.9 Å². The first kappa shape index (κ1) is 16.7. The minimum absolute atomic E-state index is 0.279. The lowest BCUT2D eigenvalue weighted by atomic mass is 9.78. The molecule has 23 heavy (non-hydrogen) atoms. The molecule has 3 aliphatic rings. The van der Waals surface area contributed by atoms with E-state index in [9.17, 15) is 14.7 Å². The predicted octanol–water partition coefficient (Wildman–Crippen LogP) is 1.44. The molecular formula is C17H26O6. The van der Waals surface area contributed by atoms with Crippen molar-refractivity contribution in [2.24, 2.45) is 17.8 Å². The Bertz CT molecular complexity index is 450. The highest BCUT2D eigenvalue weighted by Crippen LogP contribution is 2.39. The molecule has 1 aliphatic heterocycles. The molecule has 1 saturated heterocycles. The summed E-state index contributed by atoms with van der Waals surface area (Å²) >= 11 is 0. The first-order valence-corrected chi connectivity index (χ1v) is 8.75. The monoisotopic (exact) mass is 326 g/mol. The van der Waals surface area contributed by atoms with Crippen LogP contribution in [0.15, 0.2) is 0 Å². The Morgan fingerprint density at radius 3 is 2.52 bits per heavy atom. The van der Waals surface area contributed by atoms with Crippen molar-refractivity contribution in [2.45, 2.75) is 63.8 Å². The summed E-state index contributed by atoms with van der Waals surface area (Å²) in [7, 11) is 0. The van der Waals surface area contributed by atoms with E-state index in [4.69, 9.17) is 14.2 Å². The largest absolute Gasteiger partial charge is 0.466 e. The Morgan fingerprint density at radius 1 is 1.00 bits per heavy atom. The fraction of sp³-hybridized carbons (Fsp3) is 0.882. The van der Waals surface area contributed by atoms with Crippen LogP contribution >= 0.6 is 0 Å². The minimum Gasteiger partial charge on any atom is -0.466 e. The van der Waals surface area contributed by atoms with E-state index in [0.717, 1.165) is 19.3 Å². The fourth-order valence-corrected chi connectivity index (χ4v) is 3.89. The maximum Gasteiger partial charge on any atom is 0.309 e. The van der Waals surface area contributed by atoms with Crippen molar-refractivity contribution in [3.63, 3.8) is 0 Å². The molecule has 0 aromatic carbocycles. The van der Waals surface area contributed by atoms with Gasteiger partial charge in [0.2, 0.25) is 0 Å². The first-order chi connectivity index (χ1) is 11.1. The van der Waals surface area contributed by atoms with E-state index in [1.54, 1.807) is 6.92 Å². The van der Waals surface area contributed by atoms with Crippen LogP contribution in [-0.2, 0) is 23.8 Å². The third kappa shape index (κ3) is 4.04. The topological polar surface area (TPSA) is 85.4 Å². The van der Waals surface area contributed by atoms with Crippen LogP contribution in [0.2, 0.25) is 0 Å². The Labute approximate surface area is 136 Å². The molecule has 2 aliphatic carbocycles. The summed E-state index contributed by atoms with van der Waals surface area (Å²) in [6.45, 7) is 2.43. The lowest BCUT2D eigenvalue weighted by Gasteiger charge is -2.31. The van der Waals surface area contributed by atoms with Gasteiger partial charge in [-0.3, -0.25) is 9.59 Å². The number of fused-ring (bicyclic) bond motifs is 1. The number of carbonyl (C=O) groups excluding carboxylic acids is 2. The lowest BCUT2D eigenvalue weighted by molar-refractivity contribution is -0.165. The molecule has 6 nitrogen and oxygen atoms in total. The summed E-state index contributed by atoms with van der Waals surface area (Å²) in [5, 5.41) is 9.84. The van der Waals surface area contributed by atoms with Gasteiger partial charge in [-0.25, -0.2) is 0 Å². The lowest BCUT2D eigenvalue weighted by Crippen LogP contribution is -2.39. The van der Waals surface area contributed by atoms with Crippen LogP contribution in [0.3, 0.4) is 0 Å². The van der Waals surface area contributed by atoms with Crippen molar-refractivity contribution in [2.75, 3.05) is 13.2 Å². The summed E-state index contributed by atoms with van der Waals surface area (Å²) < 4.78 is 16.0. The Balaban J connectivity index is 1.52. The summed E-state index contributed by atoms with van der Waals surface area (Å²) in [6.07, 6.45) is 4.53. The summed E-state index contributed by atoms with van der Waals surface area (Å²) in [5.41, 5.74) is 0. The van der Waals surface area contributed by atoms with Gasteiger partial charge in [0.15, 0.2) is 0 Å². The van der Waals surface area contributed by atoms with Crippen LogP contribution < -0.4 is 0 Å². The molecule has 6 unspecified atom stereocenters. The SMILES string of the molecule is CCOC(=O)C1CCC(O)CC1C(=O)OCC1CCC2OC2C1. The zero-order chi connectivity index (χ0) is 16.4. The van der Waals surface area contributed by atoms with E-state index in [2.05, 4.69) is 0 Å². The first-order valence-electron chi connectivity index (χ1n) is 8.75. The van der Waals surface area contributed by atoms with Crippen molar-refractivity contribution in [1.82, 2.24) is 0 Å². The smallest absolute Gasteiger partial charge is 0.309 e. The maximum atomic E-state index is 12.4. The number of carbonyl (C=O) groups is 2. The zero-order valence-corrected chi connectivity index (χ0v) is 13.6. The molecule has 0 radical (unpaired) electrons. The van der Waals surface area contributed by atoms with Crippen molar-refractivity contribution >= 4 is 11.9 Å². The van der Waals surface area contributed by atoms with E-state index in [0.29, 0.717) is 44.2 Å². The second-order valence-corrected chi connectivity index (χ2v) is 6.95. The maximum absolute atomic E-state index is 12.4. The van der Waals surface area contributed by atoms with Crippen LogP contribution in [0.25, 0.3) is 0 Å². The van der Waals surface area contributed by atoms with Gasteiger partial charge in [-0.15, -0.1) is 0 Å². The highest BCUT2D eigenvalue weighted by molar-refractivity contribution is 5.82. The van der Waals surface area contributed by atoms with Crippen molar-refractivity contribution in [3.8, 4) is 0 Å². The quantitative estimate of drug-likeness (QED) is 0.608. The minimum atomic E-state index is -0.591. The number of aliphatic hydroxyl groups is 1. The summed E-state index contributed by atoms with van der Waals surface area (Å²) in [5.74, 6) is -1.47. The molecule has 1 heterocycles. The summed E-state index contributed by atoms with van der Waals surface area (Å²) in [4.78, 5) is 24.5. The van der Waals surface area contributed by atoms with Gasteiger partial charge in [0, 0.05) is 0 Å². The zero-order valence-electron chi connectivity index (χ0n) is 13.6. The molecule has 2 saturated carbocycles. The average molecular weight is 326 g/mol. The second-order valence-electron chi connectivity index (χ2n) is 6.95. The molecule has 0 spiro atoms. The predicted molar refractivity (Wildman–Crippen MR) is 80.4 cm³/mol. The van der Waals surface area contributed by atoms with Gasteiger partial charge in [-0.2, -0.15) is 0 Å². The number of aliphatic hydroxyl groups excluding tert-OH is 1. The van der Waals surface area contributed by atoms with Gasteiger partial charge in [0.1, 0.15) is 0 Å². The van der Waals surface area contributed by atoms with E-state index in [1.807, 2.05) is 0 Å². The Hall–Kier alpha value is -1.14. The molecule has 6 heteroatoms. The number of ether oxygens (including phenoxy) is 3. The molecule has 130 valence electrons. The number of hydrogen-bond donors (Lipinski definition) is 1. The average Bonchev–Trinajstić information content (AvgIpc) is 3.31. The van der Waals surface area contributed by atoms with Gasteiger partial charge < -0.3 is 19.3 Å². The highest BCUT2D eigenvalue weighted by Gasteiger charge is 2.45. The molecule has 0 aromatic rings. The number of rotatable bonds is 5. The van der Waals surface area contributed by atoms with Gasteiger partial charge in [-0.1, -0.05) is 0 Å². The molecule has 3 fully saturated rings. The van der Waals surface area contributed by atoms with Gasteiger partial charge in [-0.05, 0) is 51.4 Å². The van der Waals surface area contributed by atoms with Crippen LogP contribution in [-0.4, -0.2) is 48.6 Å². The third-order valence-corrected chi connectivity index (χ3v) is 5.29. The van der Waals surface area contributed by atoms with Crippen molar-refractivity contribution < 1.29 is 28.9 Å². The third-order valence-electron chi connectivity index (χ3n) is 5.29. The van der Waals surface area contributed by atoms with Crippen LogP contribution in [0.1, 0.15) is 45.4 Å². The molecule has 0 bridgehead atoms. The second kappa shape index (κ2) is 7.18. The number of esters is 2. The molecule has 0 amide bonds.